The fraction of sp³-hybridized carbons (Fsp3) is 0.160. The standard InChI is InChI=1S/C25H24N2O4/c1-17(19-8-4-3-5-9-19)26-25(30)22-10-6-7-11-23(22)27-24(29)16-31-21-14-12-20(13-15-21)18(2)28/h3-15,17H,16H2,1-2H3,(H,26,30)(H,27,29). The third kappa shape index (κ3) is 6.02. The third-order valence-corrected chi connectivity index (χ3v) is 4.72. The van der Waals surface area contributed by atoms with Crippen molar-refractivity contribution in [2.45, 2.75) is 19.9 Å². The number of carbonyl (C=O) groups excluding carboxylic acids is 3. The topological polar surface area (TPSA) is 84.5 Å². The first-order chi connectivity index (χ1) is 14.9. The molecule has 0 heterocycles. The molecule has 158 valence electrons. The number of benzene rings is 3. The summed E-state index contributed by atoms with van der Waals surface area (Å²) in [6.45, 7) is 3.16. The number of ketones is 1. The quantitative estimate of drug-likeness (QED) is 0.533. The van der Waals surface area contributed by atoms with Crippen molar-refractivity contribution in [2.75, 3.05) is 11.9 Å². The largest absolute Gasteiger partial charge is 0.484 e. The fourth-order valence-electron chi connectivity index (χ4n) is 3.01. The second-order valence-corrected chi connectivity index (χ2v) is 7.07. The second kappa shape index (κ2) is 10.2. The zero-order chi connectivity index (χ0) is 22.2. The minimum absolute atomic E-state index is 0.0410. The van der Waals surface area contributed by atoms with Crippen molar-refractivity contribution >= 4 is 23.3 Å². The molecule has 0 aliphatic carbocycles. The van der Waals surface area contributed by atoms with Crippen LogP contribution in [0, 0.1) is 0 Å². The summed E-state index contributed by atoms with van der Waals surface area (Å²) in [6, 6.07) is 22.8. The summed E-state index contributed by atoms with van der Waals surface area (Å²) in [5, 5.41) is 5.67. The van der Waals surface area contributed by atoms with Crippen molar-refractivity contribution in [2.24, 2.45) is 0 Å². The Labute approximate surface area is 181 Å². The van der Waals surface area contributed by atoms with E-state index in [-0.39, 0.29) is 24.3 Å². The molecule has 0 radical (unpaired) electrons. The first-order valence-corrected chi connectivity index (χ1v) is 9.92. The highest BCUT2D eigenvalue weighted by molar-refractivity contribution is 6.04. The van der Waals surface area contributed by atoms with Crippen LogP contribution in [0.4, 0.5) is 5.69 Å². The molecule has 3 aromatic rings. The van der Waals surface area contributed by atoms with Crippen LogP contribution in [0.2, 0.25) is 0 Å². The molecule has 1 unspecified atom stereocenters. The summed E-state index contributed by atoms with van der Waals surface area (Å²) in [5.74, 6) is -0.247. The SMILES string of the molecule is CC(=O)c1ccc(OCC(=O)Nc2ccccc2C(=O)NC(C)c2ccccc2)cc1. The number of ether oxygens (including phenoxy) is 1. The molecule has 0 spiro atoms. The van der Waals surface area contributed by atoms with Gasteiger partial charge in [0.25, 0.3) is 11.8 Å². The van der Waals surface area contributed by atoms with Crippen LogP contribution in [-0.4, -0.2) is 24.2 Å². The molecule has 0 aliphatic heterocycles. The van der Waals surface area contributed by atoms with Gasteiger partial charge in [-0.15, -0.1) is 0 Å². The first-order valence-electron chi connectivity index (χ1n) is 9.92. The van der Waals surface area contributed by atoms with Gasteiger partial charge in [0, 0.05) is 5.56 Å². The Morgan fingerprint density at radius 1 is 0.871 bits per heavy atom. The lowest BCUT2D eigenvalue weighted by molar-refractivity contribution is -0.118. The Morgan fingerprint density at radius 3 is 2.19 bits per heavy atom. The van der Waals surface area contributed by atoms with Gasteiger partial charge >= 0.3 is 0 Å². The Bertz CT molecular complexity index is 1060. The molecule has 6 heteroatoms. The minimum atomic E-state index is -0.396. The van der Waals surface area contributed by atoms with Crippen molar-refractivity contribution in [3.63, 3.8) is 0 Å². The monoisotopic (exact) mass is 416 g/mol. The molecule has 1 atom stereocenters. The van der Waals surface area contributed by atoms with E-state index in [2.05, 4.69) is 10.6 Å². The lowest BCUT2D eigenvalue weighted by Gasteiger charge is -2.16. The van der Waals surface area contributed by atoms with Crippen LogP contribution in [0.3, 0.4) is 0 Å². The zero-order valence-corrected chi connectivity index (χ0v) is 17.4. The maximum absolute atomic E-state index is 12.8. The molecular formula is C25H24N2O4. The molecule has 0 bridgehead atoms. The van der Waals surface area contributed by atoms with Crippen LogP contribution in [0.15, 0.2) is 78.9 Å². The Morgan fingerprint density at radius 2 is 1.52 bits per heavy atom. The zero-order valence-electron chi connectivity index (χ0n) is 17.4. The van der Waals surface area contributed by atoms with E-state index in [1.54, 1.807) is 48.5 Å². The van der Waals surface area contributed by atoms with Crippen LogP contribution in [-0.2, 0) is 4.79 Å². The number of rotatable bonds is 8. The van der Waals surface area contributed by atoms with Crippen LogP contribution < -0.4 is 15.4 Å². The van der Waals surface area contributed by atoms with Gasteiger partial charge in [0.1, 0.15) is 5.75 Å². The van der Waals surface area contributed by atoms with Crippen molar-refractivity contribution in [1.29, 1.82) is 0 Å². The van der Waals surface area contributed by atoms with Crippen LogP contribution in [0.25, 0.3) is 0 Å². The maximum atomic E-state index is 12.8. The molecule has 3 rings (SSSR count). The minimum Gasteiger partial charge on any atom is -0.484 e. The molecule has 0 aliphatic rings. The number of para-hydroxylation sites is 1. The molecule has 0 saturated heterocycles. The molecule has 0 aromatic heterocycles. The van der Waals surface area contributed by atoms with Gasteiger partial charge in [0.2, 0.25) is 0 Å². The smallest absolute Gasteiger partial charge is 0.262 e. The lowest BCUT2D eigenvalue weighted by Crippen LogP contribution is -2.28. The molecule has 2 amide bonds. The first kappa shape index (κ1) is 21.8. The summed E-state index contributed by atoms with van der Waals surface area (Å²) in [7, 11) is 0. The number of amides is 2. The van der Waals surface area contributed by atoms with E-state index in [4.69, 9.17) is 4.74 Å². The number of carbonyl (C=O) groups is 3. The van der Waals surface area contributed by atoms with E-state index >= 15 is 0 Å². The Kier molecular flexibility index (Phi) is 7.17. The third-order valence-electron chi connectivity index (χ3n) is 4.72. The van der Waals surface area contributed by atoms with Gasteiger partial charge in [-0.05, 0) is 55.8 Å². The van der Waals surface area contributed by atoms with E-state index in [0.29, 0.717) is 22.6 Å². The number of hydrogen-bond acceptors (Lipinski definition) is 4. The van der Waals surface area contributed by atoms with Gasteiger partial charge in [-0.3, -0.25) is 14.4 Å². The normalized spacial score (nSPS) is 11.3. The summed E-state index contributed by atoms with van der Waals surface area (Å²) < 4.78 is 5.47. The number of anilines is 1. The Hall–Kier alpha value is -3.93. The molecular weight excluding hydrogens is 392 g/mol. The van der Waals surface area contributed by atoms with Gasteiger partial charge in [-0.25, -0.2) is 0 Å². The highest BCUT2D eigenvalue weighted by Crippen LogP contribution is 2.18. The van der Waals surface area contributed by atoms with Gasteiger partial charge in [-0.1, -0.05) is 42.5 Å². The summed E-state index contributed by atoms with van der Waals surface area (Å²) in [5.41, 5.74) is 2.33. The number of nitrogens with one attached hydrogen (secondary N) is 2. The van der Waals surface area contributed by atoms with Gasteiger partial charge in [0.05, 0.1) is 17.3 Å². The second-order valence-electron chi connectivity index (χ2n) is 7.07. The van der Waals surface area contributed by atoms with E-state index in [1.807, 2.05) is 37.3 Å². The number of hydrogen-bond donors (Lipinski definition) is 2. The predicted octanol–water partition coefficient (Wildman–Crippen LogP) is 4.40. The summed E-state index contributed by atoms with van der Waals surface area (Å²) in [6.07, 6.45) is 0. The van der Waals surface area contributed by atoms with E-state index in [0.717, 1.165) is 5.56 Å². The molecule has 0 saturated carbocycles. The Balaban J connectivity index is 1.61. The molecule has 0 fully saturated rings. The maximum Gasteiger partial charge on any atom is 0.262 e. The van der Waals surface area contributed by atoms with Gasteiger partial charge < -0.3 is 15.4 Å². The highest BCUT2D eigenvalue weighted by atomic mass is 16.5. The van der Waals surface area contributed by atoms with Crippen LogP contribution in [0.1, 0.15) is 46.2 Å². The predicted molar refractivity (Wildman–Crippen MR) is 119 cm³/mol. The molecule has 2 N–H and O–H groups in total. The van der Waals surface area contributed by atoms with Crippen molar-refractivity contribution in [3.8, 4) is 5.75 Å². The van der Waals surface area contributed by atoms with Crippen LogP contribution in [0.5, 0.6) is 5.75 Å². The molecule has 31 heavy (non-hydrogen) atoms. The summed E-state index contributed by atoms with van der Waals surface area (Å²) in [4.78, 5) is 36.5. The molecule has 6 nitrogen and oxygen atoms in total. The number of Topliss-reactive ketones (excluding diaryl/α,β-unsaturated/α-hetero) is 1. The van der Waals surface area contributed by atoms with E-state index in [1.165, 1.54) is 6.92 Å². The van der Waals surface area contributed by atoms with E-state index in [9.17, 15) is 14.4 Å². The van der Waals surface area contributed by atoms with Crippen molar-refractivity contribution < 1.29 is 19.1 Å². The summed E-state index contributed by atoms with van der Waals surface area (Å²) >= 11 is 0. The lowest BCUT2D eigenvalue weighted by atomic mass is 10.1. The van der Waals surface area contributed by atoms with Gasteiger partial charge in [-0.2, -0.15) is 0 Å². The fourth-order valence-corrected chi connectivity index (χ4v) is 3.01. The average molecular weight is 416 g/mol. The van der Waals surface area contributed by atoms with Crippen molar-refractivity contribution in [3.05, 3.63) is 95.6 Å². The van der Waals surface area contributed by atoms with Crippen LogP contribution >= 0.6 is 0 Å². The molecule has 3 aromatic carbocycles. The van der Waals surface area contributed by atoms with Crippen molar-refractivity contribution in [1.82, 2.24) is 5.32 Å². The average Bonchev–Trinajstić information content (AvgIpc) is 2.79. The van der Waals surface area contributed by atoms with Gasteiger partial charge in [0.15, 0.2) is 12.4 Å². The highest BCUT2D eigenvalue weighted by Gasteiger charge is 2.16. The van der Waals surface area contributed by atoms with E-state index < -0.39 is 5.91 Å².